The van der Waals surface area contributed by atoms with E-state index in [0.29, 0.717) is 10.9 Å². The molecule has 1 aliphatic rings. The summed E-state index contributed by atoms with van der Waals surface area (Å²) in [5.74, 6) is 0.646. The highest BCUT2D eigenvalue weighted by Gasteiger charge is 2.52. The summed E-state index contributed by atoms with van der Waals surface area (Å²) in [4.78, 5) is 0. The highest BCUT2D eigenvalue weighted by Crippen LogP contribution is 2.56. The Kier molecular flexibility index (Phi) is 3.70. The molecule has 3 heteroatoms. The zero-order valence-corrected chi connectivity index (χ0v) is 13.0. The van der Waals surface area contributed by atoms with Crippen molar-refractivity contribution < 1.29 is 0 Å². The van der Waals surface area contributed by atoms with Crippen molar-refractivity contribution in [1.82, 2.24) is 5.32 Å². The van der Waals surface area contributed by atoms with Gasteiger partial charge in [-0.3, -0.25) is 0 Å². The third kappa shape index (κ3) is 2.84. The minimum atomic E-state index is 0.168. The van der Waals surface area contributed by atoms with Gasteiger partial charge in [0.15, 0.2) is 0 Å². The molecular weight excluding hydrogens is 265 g/mol. The molecule has 1 N–H and O–H groups in total. The third-order valence-corrected chi connectivity index (χ3v) is 4.68. The van der Waals surface area contributed by atoms with Gasteiger partial charge in [-0.05, 0) is 56.7 Å². The Balaban J connectivity index is 2.09. The summed E-state index contributed by atoms with van der Waals surface area (Å²) in [5, 5.41) is 4.95. The molecular formula is C15H21Cl2N. The molecule has 2 rings (SSSR count). The van der Waals surface area contributed by atoms with Crippen LogP contribution < -0.4 is 5.32 Å². The van der Waals surface area contributed by atoms with E-state index in [1.54, 1.807) is 0 Å². The van der Waals surface area contributed by atoms with E-state index in [0.717, 1.165) is 11.6 Å². The van der Waals surface area contributed by atoms with Gasteiger partial charge in [0, 0.05) is 5.54 Å². The van der Waals surface area contributed by atoms with Crippen LogP contribution in [0.15, 0.2) is 18.2 Å². The Hall–Kier alpha value is -0.240. The van der Waals surface area contributed by atoms with Gasteiger partial charge in [-0.2, -0.15) is 0 Å². The molecule has 2 atom stereocenters. The van der Waals surface area contributed by atoms with Crippen LogP contribution in [0, 0.1) is 5.92 Å². The van der Waals surface area contributed by atoms with Crippen LogP contribution in [0.2, 0.25) is 10.0 Å². The zero-order chi connectivity index (χ0) is 13.6. The summed E-state index contributed by atoms with van der Waals surface area (Å²) < 4.78 is 0. The highest BCUT2D eigenvalue weighted by atomic mass is 35.5. The Bertz CT molecular complexity index is 450. The molecule has 2 unspecified atom stereocenters. The average Bonchev–Trinajstić information content (AvgIpc) is 2.91. The van der Waals surface area contributed by atoms with Crippen LogP contribution in [0.1, 0.15) is 39.7 Å². The van der Waals surface area contributed by atoms with E-state index in [1.165, 1.54) is 12.0 Å². The Labute approximate surface area is 120 Å². The van der Waals surface area contributed by atoms with Crippen LogP contribution in [0.3, 0.4) is 0 Å². The maximum atomic E-state index is 6.32. The van der Waals surface area contributed by atoms with E-state index in [4.69, 9.17) is 23.2 Å². The molecule has 1 aliphatic carbocycles. The van der Waals surface area contributed by atoms with Crippen molar-refractivity contribution in [2.24, 2.45) is 5.92 Å². The van der Waals surface area contributed by atoms with Crippen molar-refractivity contribution in [2.45, 2.75) is 45.1 Å². The Morgan fingerprint density at radius 1 is 1.33 bits per heavy atom. The van der Waals surface area contributed by atoms with Gasteiger partial charge in [0.1, 0.15) is 0 Å². The highest BCUT2D eigenvalue weighted by molar-refractivity contribution is 6.42. The standard InChI is InChI=1S/C15H21Cl2N/c1-14(2,3)18-9-10-8-15(10,4)11-6-5-7-12(16)13(11)17/h5-7,10,18H,8-9H2,1-4H3. The van der Waals surface area contributed by atoms with Gasteiger partial charge in [0.2, 0.25) is 0 Å². The van der Waals surface area contributed by atoms with Crippen molar-refractivity contribution in [3.8, 4) is 0 Å². The maximum Gasteiger partial charge on any atom is 0.0629 e. The Morgan fingerprint density at radius 3 is 2.61 bits per heavy atom. The molecule has 1 aromatic rings. The van der Waals surface area contributed by atoms with Gasteiger partial charge in [-0.15, -0.1) is 0 Å². The molecule has 1 fully saturated rings. The first-order valence-corrected chi connectivity index (χ1v) is 7.19. The van der Waals surface area contributed by atoms with Crippen molar-refractivity contribution in [2.75, 3.05) is 6.54 Å². The normalized spacial score (nSPS) is 27.3. The lowest BCUT2D eigenvalue weighted by atomic mass is 9.95. The number of rotatable bonds is 3. The van der Waals surface area contributed by atoms with Crippen LogP contribution in [0.5, 0.6) is 0 Å². The Morgan fingerprint density at radius 2 is 2.00 bits per heavy atom. The number of hydrogen-bond donors (Lipinski definition) is 1. The predicted octanol–water partition coefficient (Wildman–Crippen LogP) is 4.66. The first kappa shape index (κ1) is 14.2. The number of nitrogens with one attached hydrogen (secondary N) is 1. The van der Waals surface area contributed by atoms with Crippen molar-refractivity contribution >= 4 is 23.2 Å². The van der Waals surface area contributed by atoms with Crippen LogP contribution >= 0.6 is 23.2 Å². The van der Waals surface area contributed by atoms with E-state index in [1.807, 2.05) is 12.1 Å². The summed E-state index contributed by atoms with van der Waals surface area (Å²) in [5.41, 5.74) is 1.54. The van der Waals surface area contributed by atoms with Crippen LogP contribution in [-0.4, -0.2) is 12.1 Å². The molecule has 0 heterocycles. The monoisotopic (exact) mass is 285 g/mol. The number of hydrogen-bond acceptors (Lipinski definition) is 1. The second kappa shape index (κ2) is 4.70. The minimum absolute atomic E-state index is 0.168. The number of halogens is 2. The van der Waals surface area contributed by atoms with Crippen molar-refractivity contribution in [1.29, 1.82) is 0 Å². The molecule has 0 aliphatic heterocycles. The molecule has 1 saturated carbocycles. The minimum Gasteiger partial charge on any atom is -0.312 e. The maximum absolute atomic E-state index is 6.32. The molecule has 1 nitrogen and oxygen atoms in total. The molecule has 0 saturated heterocycles. The lowest BCUT2D eigenvalue weighted by Gasteiger charge is -2.22. The summed E-state index contributed by atoms with van der Waals surface area (Å²) in [6.45, 7) is 9.89. The van der Waals surface area contributed by atoms with E-state index < -0.39 is 0 Å². The van der Waals surface area contributed by atoms with Gasteiger partial charge in [-0.1, -0.05) is 42.3 Å². The lowest BCUT2D eigenvalue weighted by Crippen LogP contribution is -2.37. The van der Waals surface area contributed by atoms with Crippen molar-refractivity contribution in [3.05, 3.63) is 33.8 Å². The lowest BCUT2D eigenvalue weighted by molar-refractivity contribution is 0.406. The van der Waals surface area contributed by atoms with Gasteiger partial charge in [0.05, 0.1) is 10.0 Å². The van der Waals surface area contributed by atoms with E-state index in [2.05, 4.69) is 39.1 Å². The fourth-order valence-electron chi connectivity index (χ4n) is 2.45. The molecule has 0 aromatic heterocycles. The third-order valence-electron chi connectivity index (χ3n) is 3.86. The molecule has 100 valence electrons. The summed E-state index contributed by atoms with van der Waals surface area (Å²) in [6.07, 6.45) is 1.18. The molecule has 18 heavy (non-hydrogen) atoms. The first-order valence-electron chi connectivity index (χ1n) is 6.43. The topological polar surface area (TPSA) is 12.0 Å². The van der Waals surface area contributed by atoms with E-state index in [-0.39, 0.29) is 11.0 Å². The van der Waals surface area contributed by atoms with Crippen LogP contribution in [-0.2, 0) is 5.41 Å². The van der Waals surface area contributed by atoms with Crippen LogP contribution in [0.25, 0.3) is 0 Å². The van der Waals surface area contributed by atoms with Gasteiger partial charge in [-0.25, -0.2) is 0 Å². The largest absolute Gasteiger partial charge is 0.312 e. The summed E-state index contributed by atoms with van der Waals surface area (Å²) >= 11 is 12.4. The molecule has 0 radical (unpaired) electrons. The SMILES string of the molecule is CC(C)(C)NCC1CC1(C)c1cccc(Cl)c1Cl. The van der Waals surface area contributed by atoms with Gasteiger partial charge in [0.25, 0.3) is 0 Å². The molecule has 0 spiro atoms. The van der Waals surface area contributed by atoms with Gasteiger partial charge < -0.3 is 5.32 Å². The van der Waals surface area contributed by atoms with Gasteiger partial charge >= 0.3 is 0 Å². The fraction of sp³-hybridized carbons (Fsp3) is 0.600. The molecule has 0 amide bonds. The molecule has 1 aromatic carbocycles. The number of benzene rings is 1. The summed E-state index contributed by atoms with van der Waals surface area (Å²) in [6, 6.07) is 5.94. The molecule has 0 bridgehead atoms. The zero-order valence-electron chi connectivity index (χ0n) is 11.5. The van der Waals surface area contributed by atoms with E-state index in [9.17, 15) is 0 Å². The fourth-order valence-corrected chi connectivity index (χ4v) is 2.97. The predicted molar refractivity (Wildman–Crippen MR) is 79.7 cm³/mol. The first-order chi connectivity index (χ1) is 8.24. The van der Waals surface area contributed by atoms with Crippen LogP contribution in [0.4, 0.5) is 0 Å². The smallest absolute Gasteiger partial charge is 0.0629 e. The second-order valence-corrected chi connectivity index (χ2v) is 7.34. The average molecular weight is 286 g/mol. The second-order valence-electron chi connectivity index (χ2n) is 6.55. The summed E-state index contributed by atoms with van der Waals surface area (Å²) in [7, 11) is 0. The van der Waals surface area contributed by atoms with E-state index >= 15 is 0 Å². The quantitative estimate of drug-likeness (QED) is 0.852. The van der Waals surface area contributed by atoms with Crippen molar-refractivity contribution in [3.63, 3.8) is 0 Å².